The van der Waals surface area contributed by atoms with Crippen molar-refractivity contribution in [1.82, 2.24) is 4.31 Å². The predicted octanol–water partition coefficient (Wildman–Crippen LogP) is 3.91. The lowest BCUT2D eigenvalue weighted by Gasteiger charge is -2.35. The van der Waals surface area contributed by atoms with Crippen LogP contribution in [-0.4, -0.2) is 19.3 Å². The highest BCUT2D eigenvalue weighted by atomic mass is 32.2. The van der Waals surface area contributed by atoms with Gasteiger partial charge in [-0.1, -0.05) is 54.4 Å². The Morgan fingerprint density at radius 2 is 1.64 bits per heavy atom. The van der Waals surface area contributed by atoms with Crippen molar-refractivity contribution in [2.75, 3.05) is 6.54 Å². The number of sulfonamides is 1. The Bertz CT molecular complexity index is 723. The molecular formula is C18H21NO2S. The van der Waals surface area contributed by atoms with Crippen molar-refractivity contribution >= 4 is 10.0 Å². The van der Waals surface area contributed by atoms with Gasteiger partial charge in [-0.15, -0.1) is 0 Å². The molecular weight excluding hydrogens is 294 g/mol. The fourth-order valence-corrected chi connectivity index (χ4v) is 4.73. The van der Waals surface area contributed by atoms with Gasteiger partial charge in [-0.05, 0) is 37.5 Å². The van der Waals surface area contributed by atoms with Crippen molar-refractivity contribution in [3.63, 3.8) is 0 Å². The van der Waals surface area contributed by atoms with Crippen molar-refractivity contribution in [3.05, 3.63) is 65.7 Å². The van der Waals surface area contributed by atoms with Gasteiger partial charge in [0.2, 0.25) is 10.0 Å². The van der Waals surface area contributed by atoms with Gasteiger partial charge in [-0.2, -0.15) is 4.31 Å². The summed E-state index contributed by atoms with van der Waals surface area (Å²) < 4.78 is 27.7. The maximum atomic E-state index is 13.0. The summed E-state index contributed by atoms with van der Waals surface area (Å²) in [5.74, 6) is 0. The van der Waals surface area contributed by atoms with E-state index in [-0.39, 0.29) is 6.04 Å². The van der Waals surface area contributed by atoms with Gasteiger partial charge in [0.25, 0.3) is 0 Å². The van der Waals surface area contributed by atoms with E-state index < -0.39 is 10.0 Å². The zero-order valence-corrected chi connectivity index (χ0v) is 13.6. The third kappa shape index (κ3) is 2.94. The van der Waals surface area contributed by atoms with Crippen LogP contribution in [0.2, 0.25) is 0 Å². The molecule has 3 rings (SSSR count). The second-order valence-corrected chi connectivity index (χ2v) is 7.74. The minimum Gasteiger partial charge on any atom is -0.207 e. The molecule has 2 aromatic carbocycles. The summed E-state index contributed by atoms with van der Waals surface area (Å²) in [7, 11) is -3.44. The minimum atomic E-state index is -3.44. The summed E-state index contributed by atoms with van der Waals surface area (Å²) in [4.78, 5) is 0.390. The van der Waals surface area contributed by atoms with E-state index in [1.807, 2.05) is 49.4 Å². The highest BCUT2D eigenvalue weighted by Gasteiger charge is 2.34. The van der Waals surface area contributed by atoms with E-state index in [1.165, 1.54) is 0 Å². The van der Waals surface area contributed by atoms with Gasteiger partial charge in [-0.25, -0.2) is 8.42 Å². The van der Waals surface area contributed by atoms with E-state index in [1.54, 1.807) is 16.4 Å². The predicted molar refractivity (Wildman–Crippen MR) is 88.1 cm³/mol. The molecule has 0 radical (unpaired) electrons. The molecule has 0 aliphatic carbocycles. The Kier molecular flexibility index (Phi) is 4.32. The molecule has 1 atom stereocenters. The molecule has 0 spiro atoms. The Balaban J connectivity index is 1.98. The molecule has 0 unspecified atom stereocenters. The summed E-state index contributed by atoms with van der Waals surface area (Å²) in [6, 6.07) is 17.0. The zero-order chi connectivity index (χ0) is 15.6. The molecule has 4 heteroatoms. The molecule has 2 aromatic rings. The van der Waals surface area contributed by atoms with Crippen LogP contribution >= 0.6 is 0 Å². The van der Waals surface area contributed by atoms with Crippen molar-refractivity contribution < 1.29 is 8.42 Å². The first-order valence-electron chi connectivity index (χ1n) is 7.72. The van der Waals surface area contributed by atoms with E-state index in [0.29, 0.717) is 11.4 Å². The Morgan fingerprint density at radius 3 is 2.32 bits per heavy atom. The maximum absolute atomic E-state index is 13.0. The maximum Gasteiger partial charge on any atom is 0.243 e. The fraction of sp³-hybridized carbons (Fsp3) is 0.333. The van der Waals surface area contributed by atoms with Gasteiger partial charge in [-0.3, -0.25) is 0 Å². The van der Waals surface area contributed by atoms with Crippen LogP contribution in [0.1, 0.15) is 36.4 Å². The van der Waals surface area contributed by atoms with Crippen molar-refractivity contribution in [2.45, 2.75) is 37.1 Å². The van der Waals surface area contributed by atoms with Gasteiger partial charge >= 0.3 is 0 Å². The zero-order valence-electron chi connectivity index (χ0n) is 12.8. The summed E-state index contributed by atoms with van der Waals surface area (Å²) in [6.45, 7) is 2.56. The van der Waals surface area contributed by atoms with Gasteiger partial charge in [0.05, 0.1) is 10.9 Å². The first-order valence-corrected chi connectivity index (χ1v) is 9.16. The lowest BCUT2D eigenvalue weighted by atomic mass is 9.98. The molecule has 1 aliphatic heterocycles. The average Bonchev–Trinajstić information content (AvgIpc) is 2.56. The fourth-order valence-electron chi connectivity index (χ4n) is 3.05. The molecule has 1 heterocycles. The van der Waals surface area contributed by atoms with Crippen LogP contribution in [0, 0.1) is 6.92 Å². The van der Waals surface area contributed by atoms with Crippen LogP contribution in [-0.2, 0) is 10.0 Å². The van der Waals surface area contributed by atoms with Crippen LogP contribution in [0.4, 0.5) is 0 Å². The third-order valence-corrected chi connectivity index (χ3v) is 6.19. The number of benzene rings is 2. The summed E-state index contributed by atoms with van der Waals surface area (Å²) in [6.07, 6.45) is 2.88. The standard InChI is InChI=1S/C18H21NO2S/c1-15-10-12-17(13-11-15)22(20,21)19-14-6-5-9-18(19)16-7-3-2-4-8-16/h2-4,7-8,10-13,18H,5-6,9,14H2,1H3/t18-/m0/s1. The largest absolute Gasteiger partial charge is 0.243 e. The normalized spacial score (nSPS) is 20.0. The molecule has 0 amide bonds. The highest BCUT2D eigenvalue weighted by molar-refractivity contribution is 7.89. The molecule has 0 saturated carbocycles. The molecule has 0 aromatic heterocycles. The van der Waals surface area contributed by atoms with Crippen LogP contribution < -0.4 is 0 Å². The number of nitrogens with zero attached hydrogens (tertiary/aromatic N) is 1. The summed E-state index contributed by atoms with van der Waals surface area (Å²) >= 11 is 0. The van der Waals surface area contributed by atoms with E-state index in [2.05, 4.69) is 0 Å². The van der Waals surface area contributed by atoms with E-state index in [4.69, 9.17) is 0 Å². The molecule has 1 aliphatic rings. The molecule has 116 valence electrons. The molecule has 1 fully saturated rings. The Labute approximate surface area is 132 Å². The first kappa shape index (κ1) is 15.3. The average molecular weight is 315 g/mol. The lowest BCUT2D eigenvalue weighted by molar-refractivity contribution is 0.256. The minimum absolute atomic E-state index is 0.0544. The number of hydrogen-bond donors (Lipinski definition) is 0. The summed E-state index contributed by atoms with van der Waals surface area (Å²) in [5.41, 5.74) is 2.15. The third-order valence-electron chi connectivity index (χ3n) is 4.27. The Morgan fingerprint density at radius 1 is 0.955 bits per heavy atom. The molecule has 1 saturated heterocycles. The van der Waals surface area contributed by atoms with Crippen LogP contribution in [0.3, 0.4) is 0 Å². The SMILES string of the molecule is Cc1ccc(S(=O)(=O)N2CCCC[C@H]2c2ccccc2)cc1. The van der Waals surface area contributed by atoms with Crippen LogP contribution in [0.25, 0.3) is 0 Å². The van der Waals surface area contributed by atoms with Gasteiger partial charge in [0.15, 0.2) is 0 Å². The number of piperidine rings is 1. The van der Waals surface area contributed by atoms with Gasteiger partial charge in [0.1, 0.15) is 0 Å². The molecule has 22 heavy (non-hydrogen) atoms. The topological polar surface area (TPSA) is 37.4 Å². The first-order chi connectivity index (χ1) is 10.6. The van der Waals surface area contributed by atoms with E-state index in [0.717, 1.165) is 30.4 Å². The molecule has 3 nitrogen and oxygen atoms in total. The Hall–Kier alpha value is -1.65. The quantitative estimate of drug-likeness (QED) is 0.861. The highest BCUT2D eigenvalue weighted by Crippen LogP contribution is 2.35. The molecule has 0 N–H and O–H groups in total. The van der Waals surface area contributed by atoms with E-state index >= 15 is 0 Å². The second-order valence-electron chi connectivity index (χ2n) is 5.85. The smallest absolute Gasteiger partial charge is 0.207 e. The van der Waals surface area contributed by atoms with Crippen molar-refractivity contribution in [3.8, 4) is 0 Å². The van der Waals surface area contributed by atoms with Gasteiger partial charge in [0, 0.05) is 6.54 Å². The van der Waals surface area contributed by atoms with Crippen molar-refractivity contribution in [1.29, 1.82) is 0 Å². The van der Waals surface area contributed by atoms with Gasteiger partial charge < -0.3 is 0 Å². The van der Waals surface area contributed by atoms with Crippen molar-refractivity contribution in [2.24, 2.45) is 0 Å². The second kappa shape index (κ2) is 6.23. The number of aryl methyl sites for hydroxylation is 1. The van der Waals surface area contributed by atoms with E-state index in [9.17, 15) is 8.42 Å². The van der Waals surface area contributed by atoms with Crippen LogP contribution in [0.15, 0.2) is 59.5 Å². The molecule has 0 bridgehead atoms. The summed E-state index contributed by atoms with van der Waals surface area (Å²) in [5, 5.41) is 0. The number of hydrogen-bond acceptors (Lipinski definition) is 2. The lowest BCUT2D eigenvalue weighted by Crippen LogP contribution is -2.38. The van der Waals surface area contributed by atoms with Crippen LogP contribution in [0.5, 0.6) is 0 Å². The number of rotatable bonds is 3. The monoisotopic (exact) mass is 315 g/mol.